The third-order valence-electron chi connectivity index (χ3n) is 7.50. The van der Waals surface area contributed by atoms with Crippen molar-refractivity contribution in [1.29, 1.82) is 0 Å². The van der Waals surface area contributed by atoms with Gasteiger partial charge in [0.25, 0.3) is 0 Å². The molecule has 2 aliphatic rings. The summed E-state index contributed by atoms with van der Waals surface area (Å²) in [6.07, 6.45) is -1.28. The summed E-state index contributed by atoms with van der Waals surface area (Å²) in [4.78, 5) is 28.5. The minimum atomic E-state index is -1.82. The maximum absolute atomic E-state index is 14.3. The molecule has 166 valence electrons. The monoisotopic (exact) mass is 446 g/mol. The zero-order valence-electron chi connectivity index (χ0n) is 18.3. The Morgan fingerprint density at radius 3 is 1.94 bits per heavy atom. The molecule has 34 heavy (non-hydrogen) atoms. The normalized spacial score (nSPS) is 26.9. The quantitative estimate of drug-likeness (QED) is 0.451. The molecule has 0 saturated carbocycles. The number of carbonyl (C=O) groups excluding carboxylic acids is 2. The summed E-state index contributed by atoms with van der Waals surface area (Å²) < 4.78 is 0. The van der Waals surface area contributed by atoms with E-state index in [0.717, 1.165) is 0 Å². The first-order valence-corrected chi connectivity index (χ1v) is 11.3. The number of ketones is 2. The molecule has 0 radical (unpaired) electrons. The fourth-order valence-corrected chi connectivity index (χ4v) is 6.09. The standard InChI is InChI=1S/C30H22O4/c31-25(19-11-3-1-4-12-19)26-29(27(32)21-15-7-8-16-22(21)28(29)33)23-17-9-10-18-24(23)30(26,34)20-13-5-2-6-14-20/h1-18,26-27,32,34H/t26-,27+,29-,30+/m0/s1. The Morgan fingerprint density at radius 2 is 1.26 bits per heavy atom. The highest BCUT2D eigenvalue weighted by atomic mass is 16.3. The molecule has 4 aromatic rings. The first-order valence-electron chi connectivity index (χ1n) is 11.3. The molecule has 2 aliphatic carbocycles. The van der Waals surface area contributed by atoms with Gasteiger partial charge in [0.15, 0.2) is 11.6 Å². The summed E-state index contributed by atoms with van der Waals surface area (Å²) in [6.45, 7) is 0. The van der Waals surface area contributed by atoms with E-state index in [1.807, 2.05) is 12.1 Å². The second kappa shape index (κ2) is 7.32. The first kappa shape index (κ1) is 20.7. The second-order valence-electron chi connectivity index (χ2n) is 9.03. The molecule has 6 rings (SSSR count). The van der Waals surface area contributed by atoms with Gasteiger partial charge >= 0.3 is 0 Å². The predicted octanol–water partition coefficient (Wildman–Crippen LogP) is 4.60. The molecular formula is C30H22O4. The van der Waals surface area contributed by atoms with Gasteiger partial charge in [0.05, 0.1) is 12.0 Å². The van der Waals surface area contributed by atoms with Gasteiger partial charge in [0.1, 0.15) is 11.0 Å². The number of aliphatic hydroxyl groups excluding tert-OH is 1. The number of hydrogen-bond donors (Lipinski definition) is 2. The van der Waals surface area contributed by atoms with Gasteiger partial charge in [-0.25, -0.2) is 0 Å². The zero-order chi connectivity index (χ0) is 23.5. The lowest BCUT2D eigenvalue weighted by Crippen LogP contribution is -2.51. The van der Waals surface area contributed by atoms with Crippen LogP contribution in [0, 0.1) is 5.92 Å². The van der Waals surface area contributed by atoms with E-state index in [2.05, 4.69) is 0 Å². The van der Waals surface area contributed by atoms with Gasteiger partial charge in [0.2, 0.25) is 0 Å². The summed E-state index contributed by atoms with van der Waals surface area (Å²) in [7, 11) is 0. The minimum absolute atomic E-state index is 0.343. The summed E-state index contributed by atoms with van der Waals surface area (Å²) >= 11 is 0. The van der Waals surface area contributed by atoms with E-state index in [0.29, 0.717) is 33.4 Å². The molecule has 0 saturated heterocycles. The van der Waals surface area contributed by atoms with E-state index >= 15 is 0 Å². The SMILES string of the molecule is O=C(c1ccccc1)[C@@H]1[C@@](O)(c2ccccc2)c2ccccc2[C@]12C(=O)c1ccccc1[C@H]2O. The Morgan fingerprint density at radius 1 is 0.706 bits per heavy atom. The van der Waals surface area contributed by atoms with Gasteiger partial charge in [-0.1, -0.05) is 109 Å². The van der Waals surface area contributed by atoms with Crippen molar-refractivity contribution >= 4 is 11.6 Å². The topological polar surface area (TPSA) is 74.6 Å². The summed E-state index contributed by atoms with van der Waals surface area (Å²) in [5.74, 6) is -2.00. The molecule has 4 atom stereocenters. The highest BCUT2D eigenvalue weighted by Crippen LogP contribution is 2.64. The van der Waals surface area contributed by atoms with Crippen molar-refractivity contribution in [3.05, 3.63) is 143 Å². The Kier molecular flexibility index (Phi) is 4.46. The van der Waals surface area contributed by atoms with Crippen LogP contribution in [0.4, 0.5) is 0 Å². The maximum atomic E-state index is 14.3. The fraction of sp³-hybridized carbons (Fsp3) is 0.133. The number of fused-ring (bicyclic) bond motifs is 3. The molecule has 0 amide bonds. The molecule has 1 spiro atoms. The number of aliphatic hydroxyl groups is 2. The molecular weight excluding hydrogens is 424 g/mol. The molecule has 4 aromatic carbocycles. The molecule has 0 bridgehead atoms. The van der Waals surface area contributed by atoms with E-state index in [-0.39, 0.29) is 11.6 Å². The van der Waals surface area contributed by atoms with Crippen LogP contribution in [0.5, 0.6) is 0 Å². The Bertz CT molecular complexity index is 1430. The van der Waals surface area contributed by atoms with Gasteiger partial charge in [-0.3, -0.25) is 9.59 Å². The van der Waals surface area contributed by atoms with Gasteiger partial charge in [-0.15, -0.1) is 0 Å². The molecule has 2 N–H and O–H groups in total. The lowest BCUT2D eigenvalue weighted by Gasteiger charge is -2.39. The molecule has 0 aliphatic heterocycles. The smallest absolute Gasteiger partial charge is 0.177 e. The van der Waals surface area contributed by atoms with Crippen LogP contribution in [0.1, 0.15) is 49.1 Å². The van der Waals surface area contributed by atoms with Gasteiger partial charge in [-0.2, -0.15) is 0 Å². The molecule has 0 fully saturated rings. The number of Topliss-reactive ketones (excluding diaryl/α,β-unsaturated/α-hetero) is 2. The Balaban J connectivity index is 1.72. The van der Waals surface area contributed by atoms with E-state index in [9.17, 15) is 19.8 Å². The number of carbonyl (C=O) groups is 2. The zero-order valence-corrected chi connectivity index (χ0v) is 18.3. The van der Waals surface area contributed by atoms with Crippen molar-refractivity contribution in [1.82, 2.24) is 0 Å². The Hall–Kier alpha value is -3.86. The summed E-state index contributed by atoms with van der Waals surface area (Å²) in [6, 6.07) is 31.7. The Labute approximate surface area is 197 Å². The fourth-order valence-electron chi connectivity index (χ4n) is 6.09. The molecule has 0 unspecified atom stereocenters. The molecule has 0 aromatic heterocycles. The number of rotatable bonds is 3. The van der Waals surface area contributed by atoms with Gasteiger partial charge in [-0.05, 0) is 22.3 Å². The van der Waals surface area contributed by atoms with Crippen molar-refractivity contribution in [2.45, 2.75) is 17.1 Å². The predicted molar refractivity (Wildman–Crippen MR) is 128 cm³/mol. The highest BCUT2D eigenvalue weighted by Gasteiger charge is 2.71. The highest BCUT2D eigenvalue weighted by molar-refractivity contribution is 6.15. The van der Waals surface area contributed by atoms with E-state index in [1.54, 1.807) is 97.1 Å². The van der Waals surface area contributed by atoms with Crippen molar-refractivity contribution in [3.8, 4) is 0 Å². The van der Waals surface area contributed by atoms with Gasteiger partial charge in [0, 0.05) is 11.1 Å². The largest absolute Gasteiger partial charge is 0.387 e. The average Bonchev–Trinajstić information content (AvgIpc) is 3.27. The van der Waals surface area contributed by atoms with Crippen LogP contribution in [-0.2, 0) is 11.0 Å². The minimum Gasteiger partial charge on any atom is -0.387 e. The van der Waals surface area contributed by atoms with Crippen LogP contribution in [0.2, 0.25) is 0 Å². The van der Waals surface area contributed by atoms with E-state index in [4.69, 9.17) is 0 Å². The van der Waals surface area contributed by atoms with Crippen LogP contribution >= 0.6 is 0 Å². The second-order valence-corrected chi connectivity index (χ2v) is 9.03. The van der Waals surface area contributed by atoms with Crippen LogP contribution in [-0.4, -0.2) is 21.8 Å². The molecule has 4 nitrogen and oxygen atoms in total. The third-order valence-corrected chi connectivity index (χ3v) is 7.50. The molecule has 4 heteroatoms. The van der Waals surface area contributed by atoms with Crippen molar-refractivity contribution in [2.24, 2.45) is 5.92 Å². The average molecular weight is 447 g/mol. The lowest BCUT2D eigenvalue weighted by molar-refractivity contribution is -0.0205. The van der Waals surface area contributed by atoms with E-state index in [1.165, 1.54) is 0 Å². The van der Waals surface area contributed by atoms with Crippen LogP contribution in [0.25, 0.3) is 0 Å². The summed E-state index contributed by atoms with van der Waals surface area (Å²) in [5.41, 5.74) is -0.769. The van der Waals surface area contributed by atoms with Crippen molar-refractivity contribution < 1.29 is 19.8 Å². The lowest BCUT2D eigenvalue weighted by atomic mass is 9.63. The van der Waals surface area contributed by atoms with Gasteiger partial charge < -0.3 is 10.2 Å². The third kappa shape index (κ3) is 2.44. The van der Waals surface area contributed by atoms with E-state index < -0.39 is 23.0 Å². The number of benzene rings is 4. The van der Waals surface area contributed by atoms with Crippen LogP contribution < -0.4 is 0 Å². The maximum Gasteiger partial charge on any atom is 0.177 e. The van der Waals surface area contributed by atoms with Crippen LogP contribution in [0.15, 0.2) is 109 Å². The molecule has 0 heterocycles. The van der Waals surface area contributed by atoms with Crippen molar-refractivity contribution in [2.75, 3.05) is 0 Å². The van der Waals surface area contributed by atoms with Crippen molar-refractivity contribution in [3.63, 3.8) is 0 Å². The first-order chi connectivity index (χ1) is 16.5. The number of hydrogen-bond acceptors (Lipinski definition) is 4. The van der Waals surface area contributed by atoms with Crippen LogP contribution in [0.3, 0.4) is 0 Å². The summed E-state index contributed by atoms with van der Waals surface area (Å²) in [5, 5.41) is 24.4.